The van der Waals surface area contributed by atoms with E-state index in [1.807, 2.05) is 30.3 Å². The van der Waals surface area contributed by atoms with E-state index in [9.17, 15) is 13.5 Å². The van der Waals surface area contributed by atoms with Gasteiger partial charge in [0.2, 0.25) is 0 Å². The Morgan fingerprint density at radius 1 is 0.952 bits per heavy atom. The van der Waals surface area contributed by atoms with Crippen molar-refractivity contribution in [3.8, 4) is 5.75 Å². The first kappa shape index (κ1) is 15.5. The Hall–Kier alpha value is -1.85. The van der Waals surface area contributed by atoms with Gasteiger partial charge in [-0.05, 0) is 28.8 Å². The summed E-state index contributed by atoms with van der Waals surface area (Å²) in [5.41, 5.74) is 2.84. The van der Waals surface area contributed by atoms with Gasteiger partial charge in [0.05, 0.1) is 5.75 Å². The number of benzene rings is 2. The lowest BCUT2D eigenvalue weighted by Crippen LogP contribution is -2.13. The van der Waals surface area contributed by atoms with Crippen molar-refractivity contribution in [2.75, 3.05) is 6.26 Å². The maximum atomic E-state index is 11.3. The number of aromatic hydroxyl groups is 1. The van der Waals surface area contributed by atoms with E-state index in [2.05, 4.69) is 5.32 Å². The van der Waals surface area contributed by atoms with Gasteiger partial charge in [0, 0.05) is 19.3 Å². The summed E-state index contributed by atoms with van der Waals surface area (Å²) in [4.78, 5) is 0. The first-order chi connectivity index (χ1) is 9.92. The lowest BCUT2D eigenvalue weighted by Gasteiger charge is -2.07. The molecule has 21 heavy (non-hydrogen) atoms. The topological polar surface area (TPSA) is 66.4 Å². The molecule has 4 nitrogen and oxygen atoms in total. The van der Waals surface area contributed by atoms with Gasteiger partial charge in [0.1, 0.15) is 5.75 Å². The second-order valence-corrected chi connectivity index (χ2v) is 7.30. The first-order valence-corrected chi connectivity index (χ1v) is 8.72. The molecule has 0 aliphatic heterocycles. The van der Waals surface area contributed by atoms with Crippen molar-refractivity contribution in [3.05, 3.63) is 65.2 Å². The Morgan fingerprint density at radius 2 is 1.52 bits per heavy atom. The minimum Gasteiger partial charge on any atom is -0.508 e. The van der Waals surface area contributed by atoms with Gasteiger partial charge in [-0.25, -0.2) is 8.42 Å². The number of hydrogen-bond acceptors (Lipinski definition) is 4. The van der Waals surface area contributed by atoms with Gasteiger partial charge in [-0.3, -0.25) is 0 Å². The van der Waals surface area contributed by atoms with E-state index in [-0.39, 0.29) is 11.5 Å². The molecule has 5 heteroatoms. The molecule has 0 bridgehead atoms. The van der Waals surface area contributed by atoms with Crippen LogP contribution >= 0.6 is 0 Å². The van der Waals surface area contributed by atoms with E-state index in [4.69, 9.17) is 0 Å². The normalized spacial score (nSPS) is 11.5. The summed E-state index contributed by atoms with van der Waals surface area (Å²) in [6.07, 6.45) is 1.24. The summed E-state index contributed by atoms with van der Waals surface area (Å²) in [5, 5.41) is 12.7. The van der Waals surface area contributed by atoms with Crippen LogP contribution in [0.4, 0.5) is 0 Å². The fraction of sp³-hybridized carbons (Fsp3) is 0.250. The summed E-state index contributed by atoms with van der Waals surface area (Å²) < 4.78 is 22.6. The van der Waals surface area contributed by atoms with Crippen LogP contribution in [0.5, 0.6) is 5.75 Å². The quantitative estimate of drug-likeness (QED) is 0.859. The molecule has 0 aliphatic carbocycles. The van der Waals surface area contributed by atoms with Gasteiger partial charge < -0.3 is 10.4 Å². The van der Waals surface area contributed by atoms with Crippen LogP contribution in [0, 0.1) is 0 Å². The SMILES string of the molecule is CS(=O)(=O)Cc1cccc(CNCc2cccc(O)c2)c1. The van der Waals surface area contributed by atoms with Crippen molar-refractivity contribution < 1.29 is 13.5 Å². The van der Waals surface area contributed by atoms with Crippen LogP contribution in [-0.2, 0) is 28.7 Å². The molecule has 0 aliphatic rings. The van der Waals surface area contributed by atoms with E-state index in [1.54, 1.807) is 18.2 Å². The lowest BCUT2D eigenvalue weighted by atomic mass is 10.1. The van der Waals surface area contributed by atoms with Gasteiger partial charge >= 0.3 is 0 Å². The third-order valence-electron chi connectivity index (χ3n) is 2.99. The largest absolute Gasteiger partial charge is 0.508 e. The van der Waals surface area contributed by atoms with E-state index in [0.29, 0.717) is 13.1 Å². The minimum atomic E-state index is -3.01. The van der Waals surface area contributed by atoms with E-state index in [1.165, 1.54) is 6.26 Å². The highest BCUT2D eigenvalue weighted by Crippen LogP contribution is 2.11. The number of sulfone groups is 1. The fourth-order valence-electron chi connectivity index (χ4n) is 2.15. The second-order valence-electron chi connectivity index (χ2n) is 5.16. The summed E-state index contributed by atoms with van der Waals surface area (Å²) in [5.74, 6) is 0.317. The molecule has 0 heterocycles. The molecule has 2 aromatic carbocycles. The molecule has 112 valence electrons. The van der Waals surface area contributed by atoms with E-state index >= 15 is 0 Å². The molecule has 2 N–H and O–H groups in total. The Balaban J connectivity index is 1.93. The summed E-state index contributed by atoms with van der Waals surface area (Å²) in [6, 6.07) is 14.6. The predicted molar refractivity (Wildman–Crippen MR) is 83.6 cm³/mol. The summed E-state index contributed by atoms with van der Waals surface area (Å²) in [7, 11) is -3.01. The molecule has 0 atom stereocenters. The van der Waals surface area contributed by atoms with E-state index in [0.717, 1.165) is 16.7 Å². The third kappa shape index (κ3) is 5.57. The van der Waals surface area contributed by atoms with Crippen LogP contribution in [-0.4, -0.2) is 19.8 Å². The van der Waals surface area contributed by atoms with Gasteiger partial charge in [0.15, 0.2) is 9.84 Å². The first-order valence-electron chi connectivity index (χ1n) is 6.66. The summed E-state index contributed by atoms with van der Waals surface area (Å²) in [6.45, 7) is 1.29. The smallest absolute Gasteiger partial charge is 0.151 e. The Kier molecular flexibility index (Phi) is 4.98. The lowest BCUT2D eigenvalue weighted by molar-refractivity contribution is 0.474. The molecule has 0 saturated heterocycles. The van der Waals surface area contributed by atoms with E-state index < -0.39 is 9.84 Å². The van der Waals surface area contributed by atoms with Crippen molar-refractivity contribution in [1.82, 2.24) is 5.32 Å². The average molecular weight is 305 g/mol. The molecule has 2 aromatic rings. The van der Waals surface area contributed by atoms with Gasteiger partial charge in [-0.2, -0.15) is 0 Å². The van der Waals surface area contributed by atoms with Crippen LogP contribution in [0.15, 0.2) is 48.5 Å². The van der Waals surface area contributed by atoms with Crippen molar-refractivity contribution in [2.24, 2.45) is 0 Å². The fourth-order valence-corrected chi connectivity index (χ4v) is 2.93. The Morgan fingerprint density at radius 3 is 2.14 bits per heavy atom. The molecule has 0 fully saturated rings. The molecule has 0 spiro atoms. The van der Waals surface area contributed by atoms with Crippen molar-refractivity contribution in [2.45, 2.75) is 18.8 Å². The third-order valence-corrected chi connectivity index (χ3v) is 3.85. The second kappa shape index (κ2) is 6.74. The molecule has 0 saturated carbocycles. The standard InChI is InChI=1S/C16H19NO3S/c1-21(19,20)12-15-6-2-4-13(8-15)10-17-11-14-5-3-7-16(18)9-14/h2-9,17-18H,10-12H2,1H3. The number of phenols is 1. The molecule has 0 radical (unpaired) electrons. The monoisotopic (exact) mass is 305 g/mol. The van der Waals surface area contributed by atoms with Gasteiger partial charge in [0.25, 0.3) is 0 Å². The zero-order valence-corrected chi connectivity index (χ0v) is 12.7. The molecular weight excluding hydrogens is 286 g/mol. The molecule has 2 rings (SSSR count). The number of rotatable bonds is 6. The van der Waals surface area contributed by atoms with Gasteiger partial charge in [-0.1, -0.05) is 36.4 Å². The van der Waals surface area contributed by atoms with Crippen molar-refractivity contribution >= 4 is 9.84 Å². The highest BCUT2D eigenvalue weighted by Gasteiger charge is 2.05. The van der Waals surface area contributed by atoms with Crippen LogP contribution in [0.25, 0.3) is 0 Å². The maximum absolute atomic E-state index is 11.3. The zero-order chi connectivity index (χ0) is 15.3. The number of hydrogen-bond donors (Lipinski definition) is 2. The van der Waals surface area contributed by atoms with Crippen molar-refractivity contribution in [3.63, 3.8) is 0 Å². The molecular formula is C16H19NO3S. The molecule has 0 amide bonds. The van der Waals surface area contributed by atoms with Crippen LogP contribution in [0.1, 0.15) is 16.7 Å². The average Bonchev–Trinajstić information content (AvgIpc) is 2.37. The number of nitrogens with one attached hydrogen (secondary N) is 1. The van der Waals surface area contributed by atoms with Crippen LogP contribution in [0.2, 0.25) is 0 Å². The zero-order valence-electron chi connectivity index (χ0n) is 11.9. The van der Waals surface area contributed by atoms with Crippen LogP contribution < -0.4 is 5.32 Å². The maximum Gasteiger partial charge on any atom is 0.151 e. The Labute approximate surface area is 125 Å². The molecule has 0 aromatic heterocycles. The van der Waals surface area contributed by atoms with Crippen LogP contribution in [0.3, 0.4) is 0 Å². The summed E-state index contributed by atoms with van der Waals surface area (Å²) >= 11 is 0. The van der Waals surface area contributed by atoms with Crippen molar-refractivity contribution in [1.29, 1.82) is 0 Å². The minimum absolute atomic E-state index is 0.0629. The Bertz CT molecular complexity index is 711. The number of phenolic OH excluding ortho intramolecular Hbond substituents is 1. The highest BCUT2D eigenvalue weighted by atomic mass is 32.2. The van der Waals surface area contributed by atoms with Gasteiger partial charge in [-0.15, -0.1) is 0 Å². The molecule has 0 unspecified atom stereocenters. The highest BCUT2D eigenvalue weighted by molar-refractivity contribution is 7.89. The predicted octanol–water partition coefficient (Wildman–Crippen LogP) is 2.23.